The number of carbonyl (C=O) groups excluding carboxylic acids is 1. The molecular weight excluding hydrogens is 436 g/mol. The third-order valence-electron chi connectivity index (χ3n) is 5.58. The first kappa shape index (κ1) is 23.6. The highest BCUT2D eigenvalue weighted by molar-refractivity contribution is 6.32. The van der Waals surface area contributed by atoms with Gasteiger partial charge in [0.2, 0.25) is 0 Å². The molecule has 0 bridgehead atoms. The summed E-state index contributed by atoms with van der Waals surface area (Å²) in [5, 5.41) is 10.6. The Hall–Kier alpha value is -2.03. The molecule has 9 heteroatoms. The van der Waals surface area contributed by atoms with E-state index >= 15 is 4.39 Å². The van der Waals surface area contributed by atoms with E-state index in [4.69, 9.17) is 11.6 Å². The number of pyridine rings is 1. The van der Waals surface area contributed by atoms with Crippen molar-refractivity contribution in [1.29, 1.82) is 0 Å². The molecule has 3 rings (SSSR count). The Labute approximate surface area is 182 Å². The maximum Gasteiger partial charge on any atom is 0.417 e. The van der Waals surface area contributed by atoms with Gasteiger partial charge in [0.15, 0.2) is 11.5 Å². The van der Waals surface area contributed by atoms with E-state index in [1.807, 2.05) is 0 Å². The van der Waals surface area contributed by atoms with Crippen LogP contribution in [-0.2, 0) is 28.7 Å². The average Bonchev–Trinajstić information content (AvgIpc) is 2.69. The molecule has 2 unspecified atom stereocenters. The lowest BCUT2D eigenvalue weighted by atomic mass is 9.72. The molecule has 2 atom stereocenters. The largest absolute Gasteiger partial charge is 0.417 e. The van der Waals surface area contributed by atoms with Gasteiger partial charge in [-0.1, -0.05) is 29.8 Å². The molecule has 1 N–H and O–H groups in total. The highest BCUT2D eigenvalue weighted by atomic mass is 35.5. The molecule has 0 aliphatic heterocycles. The lowest BCUT2D eigenvalue weighted by Gasteiger charge is -2.40. The third kappa shape index (κ3) is 4.61. The number of Topliss-reactive ketones (excluding diaryl/α,β-unsaturated/α-hetero) is 1. The second-order valence-electron chi connectivity index (χ2n) is 8.17. The van der Waals surface area contributed by atoms with Crippen LogP contribution in [0.5, 0.6) is 0 Å². The van der Waals surface area contributed by atoms with Gasteiger partial charge >= 0.3 is 6.18 Å². The summed E-state index contributed by atoms with van der Waals surface area (Å²) in [6.45, 7) is 0.209. The number of rotatable bonds is 6. The number of halogens is 5. The monoisotopic (exact) mass is 458 g/mol. The van der Waals surface area contributed by atoms with Crippen molar-refractivity contribution in [2.45, 2.75) is 43.1 Å². The van der Waals surface area contributed by atoms with Gasteiger partial charge in [0.05, 0.1) is 16.3 Å². The summed E-state index contributed by atoms with van der Waals surface area (Å²) in [6, 6.07) is 6.38. The van der Waals surface area contributed by atoms with Crippen molar-refractivity contribution in [3.8, 4) is 0 Å². The Morgan fingerprint density at radius 3 is 2.58 bits per heavy atom. The van der Waals surface area contributed by atoms with Crippen molar-refractivity contribution in [3.63, 3.8) is 0 Å². The summed E-state index contributed by atoms with van der Waals surface area (Å²) in [5.74, 6) is -0.776. The molecule has 168 valence electrons. The predicted molar refractivity (Wildman–Crippen MR) is 108 cm³/mol. The van der Waals surface area contributed by atoms with Gasteiger partial charge in [-0.3, -0.25) is 9.78 Å². The maximum atomic E-state index is 16.0. The van der Waals surface area contributed by atoms with Gasteiger partial charge in [0.25, 0.3) is 0 Å². The van der Waals surface area contributed by atoms with Crippen LogP contribution in [0.2, 0.25) is 5.02 Å². The SMILES string of the molecule is CN(C)CC1(O)CCC(F)(C(=O)CCc2cccc(C(F)(F)F)c2Cl)c2cccnc21. The van der Waals surface area contributed by atoms with E-state index in [-0.39, 0.29) is 49.0 Å². The second kappa shape index (κ2) is 8.48. The van der Waals surface area contributed by atoms with Crippen LogP contribution in [0.15, 0.2) is 36.5 Å². The lowest BCUT2D eigenvalue weighted by Crippen LogP contribution is -2.47. The number of ketones is 1. The highest BCUT2D eigenvalue weighted by Crippen LogP contribution is 2.46. The standard InChI is InChI=1S/C22H23ClF4N2O2/c1-29(2)13-20(31)10-11-21(24,16-7-4-12-28-19(16)20)17(30)9-8-14-5-3-6-15(18(14)23)22(25,26)27/h3-7,12,31H,8-11,13H2,1-2H3. The van der Waals surface area contributed by atoms with Gasteiger partial charge in [-0.05, 0) is 51.1 Å². The van der Waals surface area contributed by atoms with E-state index in [0.29, 0.717) is 0 Å². The molecule has 1 aromatic carbocycles. The Kier molecular flexibility index (Phi) is 6.47. The Morgan fingerprint density at radius 2 is 1.94 bits per heavy atom. The van der Waals surface area contributed by atoms with Crippen LogP contribution in [0.25, 0.3) is 0 Å². The zero-order valence-corrected chi connectivity index (χ0v) is 17.9. The highest BCUT2D eigenvalue weighted by Gasteiger charge is 2.51. The maximum absolute atomic E-state index is 16.0. The fraction of sp³-hybridized carbons (Fsp3) is 0.455. The Bertz CT molecular complexity index is 982. The van der Waals surface area contributed by atoms with E-state index < -0.39 is 33.8 Å². The molecule has 1 aromatic heterocycles. The van der Waals surface area contributed by atoms with Gasteiger partial charge in [0.1, 0.15) is 5.60 Å². The molecule has 0 saturated heterocycles. The van der Waals surface area contributed by atoms with E-state index in [2.05, 4.69) is 4.98 Å². The van der Waals surface area contributed by atoms with Crippen LogP contribution >= 0.6 is 11.6 Å². The number of aliphatic hydroxyl groups is 1. The van der Waals surface area contributed by atoms with Crippen LogP contribution in [0.3, 0.4) is 0 Å². The topological polar surface area (TPSA) is 53.4 Å². The smallest absolute Gasteiger partial charge is 0.382 e. The predicted octanol–water partition coefficient (Wildman–Crippen LogP) is 4.66. The number of hydrogen-bond acceptors (Lipinski definition) is 4. The van der Waals surface area contributed by atoms with Gasteiger partial charge in [0, 0.05) is 24.7 Å². The molecule has 2 aromatic rings. The second-order valence-corrected chi connectivity index (χ2v) is 8.55. The number of aromatic nitrogens is 1. The van der Waals surface area contributed by atoms with Crippen LogP contribution in [0.4, 0.5) is 17.6 Å². The molecular formula is C22H23ClF4N2O2. The number of fused-ring (bicyclic) bond motifs is 1. The number of nitrogens with zero attached hydrogens (tertiary/aromatic N) is 2. The van der Waals surface area contributed by atoms with Crippen molar-refractivity contribution in [2.75, 3.05) is 20.6 Å². The number of alkyl halides is 4. The van der Waals surface area contributed by atoms with Crippen LogP contribution in [-0.4, -0.2) is 41.4 Å². The molecule has 0 saturated carbocycles. The van der Waals surface area contributed by atoms with Crippen molar-refractivity contribution in [1.82, 2.24) is 9.88 Å². The van der Waals surface area contributed by atoms with Crippen molar-refractivity contribution >= 4 is 17.4 Å². The van der Waals surface area contributed by atoms with Crippen LogP contribution in [0, 0.1) is 0 Å². The molecule has 0 fully saturated rings. The fourth-order valence-corrected chi connectivity index (χ4v) is 4.46. The third-order valence-corrected chi connectivity index (χ3v) is 6.03. The number of aryl methyl sites for hydroxylation is 1. The minimum atomic E-state index is -4.62. The number of carbonyl (C=O) groups is 1. The van der Waals surface area contributed by atoms with Crippen molar-refractivity contribution in [2.24, 2.45) is 0 Å². The Balaban J connectivity index is 1.86. The molecule has 1 aliphatic carbocycles. The minimum absolute atomic E-state index is 0.00531. The number of likely N-dealkylation sites (N-methyl/N-ethyl adjacent to an activating group) is 1. The zero-order valence-electron chi connectivity index (χ0n) is 17.1. The average molecular weight is 459 g/mol. The molecule has 4 nitrogen and oxygen atoms in total. The van der Waals surface area contributed by atoms with Gasteiger partial charge in [-0.15, -0.1) is 0 Å². The van der Waals surface area contributed by atoms with Gasteiger partial charge in [-0.2, -0.15) is 13.2 Å². The van der Waals surface area contributed by atoms with Gasteiger partial charge < -0.3 is 10.0 Å². The van der Waals surface area contributed by atoms with Crippen molar-refractivity contribution < 1.29 is 27.5 Å². The molecule has 31 heavy (non-hydrogen) atoms. The lowest BCUT2D eigenvalue weighted by molar-refractivity contribution is -0.137. The van der Waals surface area contributed by atoms with Crippen LogP contribution < -0.4 is 0 Å². The molecule has 1 heterocycles. The van der Waals surface area contributed by atoms with Crippen LogP contribution in [0.1, 0.15) is 41.6 Å². The quantitative estimate of drug-likeness (QED) is 0.639. The van der Waals surface area contributed by atoms with E-state index in [1.54, 1.807) is 19.0 Å². The minimum Gasteiger partial charge on any atom is -0.382 e. The molecule has 0 amide bonds. The molecule has 1 aliphatic rings. The summed E-state index contributed by atoms with van der Waals surface area (Å²) in [7, 11) is 3.53. The van der Waals surface area contributed by atoms with Crippen molar-refractivity contribution in [3.05, 3.63) is 63.9 Å². The number of hydrogen-bond donors (Lipinski definition) is 1. The first-order chi connectivity index (χ1) is 14.4. The molecule has 0 spiro atoms. The summed E-state index contributed by atoms with van der Waals surface area (Å²) in [6.07, 6.45) is -3.92. The fourth-order valence-electron chi connectivity index (χ4n) is 4.13. The normalized spacial score (nSPS) is 23.6. The Morgan fingerprint density at radius 1 is 1.23 bits per heavy atom. The molecule has 0 radical (unpaired) electrons. The first-order valence-corrected chi connectivity index (χ1v) is 10.2. The van der Waals surface area contributed by atoms with Gasteiger partial charge in [-0.25, -0.2) is 4.39 Å². The summed E-state index contributed by atoms with van der Waals surface area (Å²) < 4.78 is 55.2. The summed E-state index contributed by atoms with van der Waals surface area (Å²) in [4.78, 5) is 18.8. The first-order valence-electron chi connectivity index (χ1n) is 9.78. The summed E-state index contributed by atoms with van der Waals surface area (Å²) in [5.41, 5.74) is -4.53. The summed E-state index contributed by atoms with van der Waals surface area (Å²) >= 11 is 5.89. The van der Waals surface area contributed by atoms with E-state index in [9.17, 15) is 23.1 Å². The number of benzene rings is 1. The van der Waals surface area contributed by atoms with E-state index in [0.717, 1.165) is 6.07 Å². The zero-order chi connectivity index (χ0) is 23.0. The van der Waals surface area contributed by atoms with E-state index in [1.165, 1.54) is 30.5 Å².